The number of thiazole rings is 1. The molecule has 0 aliphatic rings. The van der Waals surface area contributed by atoms with Gasteiger partial charge >= 0.3 is 5.97 Å². The van der Waals surface area contributed by atoms with E-state index in [9.17, 15) is 9.59 Å². The fourth-order valence-corrected chi connectivity index (χ4v) is 2.05. The molecule has 2 heterocycles. The molecule has 0 spiro atoms. The van der Waals surface area contributed by atoms with Gasteiger partial charge < -0.3 is 10.4 Å². The Morgan fingerprint density at radius 2 is 2.39 bits per heavy atom. The molecule has 7 heteroatoms. The second kappa shape index (κ2) is 5.01. The summed E-state index contributed by atoms with van der Waals surface area (Å²) in [6, 6.07) is -0.909. The zero-order chi connectivity index (χ0) is 13.1. The Balaban J connectivity index is 2.05. The van der Waals surface area contributed by atoms with Gasteiger partial charge in [0.15, 0.2) is 4.96 Å². The number of fused-ring (bicyclic) bond motifs is 1. The maximum atomic E-state index is 11.4. The number of rotatable bonds is 4. The van der Waals surface area contributed by atoms with Gasteiger partial charge in [0.1, 0.15) is 6.04 Å². The maximum Gasteiger partial charge on any atom is 0.325 e. The van der Waals surface area contributed by atoms with Crippen molar-refractivity contribution in [1.29, 1.82) is 0 Å². The number of hydrogen-bond donors (Lipinski definition) is 2. The molecule has 2 N–H and O–H groups in total. The molecule has 18 heavy (non-hydrogen) atoms. The first kappa shape index (κ1) is 12.3. The Bertz CT molecular complexity index is 614. The summed E-state index contributed by atoms with van der Waals surface area (Å²) in [5.74, 6) is -1.52. The summed E-state index contributed by atoms with van der Waals surface area (Å²) in [5.41, 5.74) is 0.768. The van der Waals surface area contributed by atoms with Gasteiger partial charge in [-0.25, -0.2) is 4.98 Å². The summed E-state index contributed by atoms with van der Waals surface area (Å²) < 4.78 is 1.84. The predicted molar refractivity (Wildman–Crippen MR) is 67.3 cm³/mol. The predicted octanol–water partition coefficient (Wildman–Crippen LogP) is 0.998. The normalized spacial score (nSPS) is 12.9. The fourth-order valence-electron chi connectivity index (χ4n) is 1.35. The minimum Gasteiger partial charge on any atom is -0.480 e. The van der Waals surface area contributed by atoms with Crippen LogP contribution in [0.25, 0.3) is 11.0 Å². The quantitative estimate of drug-likeness (QED) is 0.808. The maximum absolute atomic E-state index is 11.4. The molecule has 0 saturated heterocycles. The third-order valence-corrected chi connectivity index (χ3v) is 3.08. The van der Waals surface area contributed by atoms with E-state index in [1.165, 1.54) is 24.3 Å². The summed E-state index contributed by atoms with van der Waals surface area (Å²) in [7, 11) is 0. The van der Waals surface area contributed by atoms with Crippen LogP contribution < -0.4 is 5.32 Å². The van der Waals surface area contributed by atoms with Gasteiger partial charge in [-0.1, -0.05) is 0 Å². The van der Waals surface area contributed by atoms with Gasteiger partial charge in [-0.05, 0) is 13.0 Å². The van der Waals surface area contributed by atoms with Gasteiger partial charge in [0.2, 0.25) is 5.91 Å². The molecule has 2 rings (SSSR count). The van der Waals surface area contributed by atoms with Gasteiger partial charge in [0.25, 0.3) is 0 Å². The van der Waals surface area contributed by atoms with E-state index in [-0.39, 0.29) is 0 Å². The molecule has 0 aromatic carbocycles. The van der Waals surface area contributed by atoms with E-state index in [0.717, 1.165) is 10.7 Å². The molecule has 0 bridgehead atoms. The lowest BCUT2D eigenvalue weighted by Gasteiger charge is -2.05. The van der Waals surface area contributed by atoms with E-state index in [4.69, 9.17) is 5.11 Å². The first-order valence-electron chi connectivity index (χ1n) is 5.20. The molecule has 6 nitrogen and oxygen atoms in total. The highest BCUT2D eigenvalue weighted by atomic mass is 32.1. The third-order valence-electron chi connectivity index (χ3n) is 2.31. The van der Waals surface area contributed by atoms with Crippen LogP contribution >= 0.6 is 11.3 Å². The van der Waals surface area contributed by atoms with Crippen molar-refractivity contribution >= 4 is 34.3 Å². The summed E-state index contributed by atoms with van der Waals surface area (Å²) in [4.78, 5) is 27.0. The van der Waals surface area contributed by atoms with Crippen molar-refractivity contribution in [3.05, 3.63) is 29.5 Å². The smallest absolute Gasteiger partial charge is 0.325 e. The van der Waals surface area contributed by atoms with Crippen LogP contribution in [-0.4, -0.2) is 32.4 Å². The average Bonchev–Trinajstić information content (AvgIpc) is 2.88. The molecule has 94 valence electrons. The van der Waals surface area contributed by atoms with Gasteiger partial charge in [-0.3, -0.25) is 14.0 Å². The topological polar surface area (TPSA) is 83.7 Å². The molecule has 2 aromatic rings. The van der Waals surface area contributed by atoms with Gasteiger partial charge in [0, 0.05) is 17.7 Å². The molecular weight excluding hydrogens is 254 g/mol. The van der Waals surface area contributed by atoms with Crippen molar-refractivity contribution in [2.45, 2.75) is 13.0 Å². The first-order chi connectivity index (χ1) is 8.58. The molecule has 1 atom stereocenters. The molecule has 0 fully saturated rings. The third kappa shape index (κ3) is 2.57. The van der Waals surface area contributed by atoms with E-state index in [0.29, 0.717) is 0 Å². The molecule has 0 saturated carbocycles. The van der Waals surface area contributed by atoms with Crippen LogP contribution in [0, 0.1) is 0 Å². The highest BCUT2D eigenvalue weighted by Crippen LogP contribution is 2.13. The summed E-state index contributed by atoms with van der Waals surface area (Å²) in [6.45, 7) is 1.41. The Kier molecular flexibility index (Phi) is 3.42. The fraction of sp³-hybridized carbons (Fsp3) is 0.182. The van der Waals surface area contributed by atoms with Crippen molar-refractivity contribution in [3.8, 4) is 0 Å². The summed E-state index contributed by atoms with van der Waals surface area (Å²) in [5, 5.41) is 12.9. The second-order valence-electron chi connectivity index (χ2n) is 3.64. The lowest BCUT2D eigenvalue weighted by molar-refractivity contribution is -0.140. The monoisotopic (exact) mass is 265 g/mol. The Hall–Kier alpha value is -2.15. The lowest BCUT2D eigenvalue weighted by Crippen LogP contribution is -2.37. The zero-order valence-corrected chi connectivity index (χ0v) is 10.3. The Labute approximate surface area is 107 Å². The average molecular weight is 265 g/mol. The number of carboxylic acid groups (broad SMARTS) is 1. The van der Waals surface area contributed by atoms with Gasteiger partial charge in [0.05, 0.1) is 11.9 Å². The largest absolute Gasteiger partial charge is 0.480 e. The summed E-state index contributed by atoms with van der Waals surface area (Å²) in [6.07, 6.45) is 6.39. The van der Waals surface area contributed by atoms with Crippen molar-refractivity contribution in [1.82, 2.24) is 14.7 Å². The Morgan fingerprint density at radius 1 is 1.61 bits per heavy atom. The van der Waals surface area contributed by atoms with Crippen molar-refractivity contribution in [3.63, 3.8) is 0 Å². The second-order valence-corrected chi connectivity index (χ2v) is 4.51. The Morgan fingerprint density at radius 3 is 3.11 bits per heavy atom. The number of carbonyl (C=O) groups excluding carboxylic acids is 1. The molecule has 0 aliphatic carbocycles. The number of imidazole rings is 1. The number of nitrogens with zero attached hydrogens (tertiary/aromatic N) is 2. The van der Waals surface area contributed by atoms with E-state index < -0.39 is 17.9 Å². The van der Waals surface area contributed by atoms with Crippen LogP contribution in [0.3, 0.4) is 0 Å². The van der Waals surface area contributed by atoms with Crippen molar-refractivity contribution < 1.29 is 14.7 Å². The highest BCUT2D eigenvalue weighted by molar-refractivity contribution is 7.15. The number of carbonyl (C=O) groups is 2. The van der Waals surface area contributed by atoms with Crippen LogP contribution in [0.1, 0.15) is 12.6 Å². The molecule has 2 aromatic heterocycles. The number of aromatic nitrogens is 2. The first-order valence-corrected chi connectivity index (χ1v) is 6.08. The SMILES string of the molecule is CC(NC(=O)/C=C/c1cnc2sccn12)C(=O)O. The minimum atomic E-state index is -1.07. The number of hydrogen-bond acceptors (Lipinski definition) is 4. The molecule has 0 aliphatic heterocycles. The van der Waals surface area contributed by atoms with Crippen LogP contribution in [0.4, 0.5) is 0 Å². The minimum absolute atomic E-state index is 0.449. The standard InChI is InChI=1S/C11H11N3O3S/c1-7(10(16)17)13-9(15)3-2-8-6-12-11-14(8)4-5-18-11/h2-7H,1H3,(H,13,15)(H,16,17)/b3-2+. The molecule has 1 unspecified atom stereocenters. The van der Waals surface area contributed by atoms with Crippen LogP contribution in [-0.2, 0) is 9.59 Å². The van der Waals surface area contributed by atoms with E-state index in [1.807, 2.05) is 16.0 Å². The van der Waals surface area contributed by atoms with Crippen molar-refractivity contribution in [2.75, 3.05) is 0 Å². The lowest BCUT2D eigenvalue weighted by atomic mass is 10.3. The van der Waals surface area contributed by atoms with Gasteiger partial charge in [-0.15, -0.1) is 11.3 Å². The number of amides is 1. The van der Waals surface area contributed by atoms with Crippen LogP contribution in [0.2, 0.25) is 0 Å². The zero-order valence-electron chi connectivity index (χ0n) is 9.53. The number of nitrogens with one attached hydrogen (secondary N) is 1. The van der Waals surface area contributed by atoms with Crippen LogP contribution in [0.15, 0.2) is 23.8 Å². The number of carboxylic acids is 1. The molecule has 0 radical (unpaired) electrons. The van der Waals surface area contributed by atoms with Crippen molar-refractivity contribution in [2.24, 2.45) is 0 Å². The molecule has 1 amide bonds. The van der Waals surface area contributed by atoms with E-state index in [2.05, 4.69) is 10.3 Å². The molecular formula is C11H11N3O3S. The highest BCUT2D eigenvalue weighted by Gasteiger charge is 2.11. The van der Waals surface area contributed by atoms with Crippen LogP contribution in [0.5, 0.6) is 0 Å². The van der Waals surface area contributed by atoms with E-state index in [1.54, 1.807) is 12.3 Å². The summed E-state index contributed by atoms with van der Waals surface area (Å²) >= 11 is 1.50. The van der Waals surface area contributed by atoms with Gasteiger partial charge in [-0.2, -0.15) is 0 Å². The van der Waals surface area contributed by atoms with E-state index >= 15 is 0 Å². The number of aliphatic carboxylic acids is 1.